The molecule has 2 aromatic carbocycles. The first-order chi connectivity index (χ1) is 12.2. The lowest BCUT2D eigenvalue weighted by Gasteiger charge is -2.05. The third-order valence-electron chi connectivity index (χ3n) is 3.59. The van der Waals surface area contributed by atoms with Crippen molar-refractivity contribution in [3.05, 3.63) is 65.7 Å². The van der Waals surface area contributed by atoms with Gasteiger partial charge in [0.05, 0.1) is 18.0 Å². The van der Waals surface area contributed by atoms with Crippen LogP contribution in [0.1, 0.15) is 0 Å². The van der Waals surface area contributed by atoms with E-state index >= 15 is 0 Å². The van der Waals surface area contributed by atoms with Crippen molar-refractivity contribution in [1.82, 2.24) is 9.97 Å². The van der Waals surface area contributed by atoms with Gasteiger partial charge in [-0.05, 0) is 18.2 Å². The number of aromatic hydroxyl groups is 1. The number of nitrogens with zero attached hydrogens (tertiary/aromatic N) is 2. The number of benzene rings is 2. The van der Waals surface area contributed by atoms with Crippen molar-refractivity contribution in [2.24, 2.45) is 0 Å². The highest BCUT2D eigenvalue weighted by Gasteiger charge is 2.12. The number of phenols is 1. The van der Waals surface area contributed by atoms with E-state index in [1.807, 2.05) is 24.3 Å². The molecule has 6 nitrogen and oxygen atoms in total. The second-order valence-corrected chi connectivity index (χ2v) is 6.09. The summed E-state index contributed by atoms with van der Waals surface area (Å²) in [5, 5.41) is 13.2. The van der Waals surface area contributed by atoms with Crippen molar-refractivity contribution < 1.29 is 13.9 Å². The SMILES string of the molecule is Oc1cc(Nc2ncc(-c3ccccc3Br)o2)ccc1-c1cnco1. The number of halogens is 1. The largest absolute Gasteiger partial charge is 0.507 e. The fourth-order valence-electron chi connectivity index (χ4n) is 2.41. The molecule has 2 N–H and O–H groups in total. The number of hydrogen-bond acceptors (Lipinski definition) is 6. The average molecular weight is 398 g/mol. The highest BCUT2D eigenvalue weighted by Crippen LogP contribution is 2.33. The van der Waals surface area contributed by atoms with Gasteiger partial charge in [0.15, 0.2) is 17.9 Å². The van der Waals surface area contributed by atoms with E-state index in [0.29, 0.717) is 28.8 Å². The zero-order valence-electron chi connectivity index (χ0n) is 12.8. The second-order valence-electron chi connectivity index (χ2n) is 5.23. The van der Waals surface area contributed by atoms with Crippen LogP contribution >= 0.6 is 15.9 Å². The molecule has 124 valence electrons. The van der Waals surface area contributed by atoms with Crippen molar-refractivity contribution in [3.8, 4) is 28.4 Å². The van der Waals surface area contributed by atoms with Crippen LogP contribution in [0, 0.1) is 0 Å². The fourth-order valence-corrected chi connectivity index (χ4v) is 2.89. The summed E-state index contributed by atoms with van der Waals surface area (Å²) in [5.74, 6) is 1.20. The second kappa shape index (κ2) is 6.45. The molecule has 0 saturated heterocycles. The van der Waals surface area contributed by atoms with Crippen LogP contribution in [0.2, 0.25) is 0 Å². The van der Waals surface area contributed by atoms with Crippen molar-refractivity contribution in [2.45, 2.75) is 0 Å². The van der Waals surface area contributed by atoms with Crippen LogP contribution in [-0.4, -0.2) is 15.1 Å². The highest BCUT2D eigenvalue weighted by atomic mass is 79.9. The molecule has 4 aromatic rings. The number of oxazole rings is 2. The number of hydrogen-bond donors (Lipinski definition) is 2. The molecule has 0 amide bonds. The normalized spacial score (nSPS) is 10.8. The summed E-state index contributed by atoms with van der Waals surface area (Å²) < 4.78 is 11.9. The molecule has 0 unspecified atom stereocenters. The molecule has 0 aliphatic carbocycles. The van der Waals surface area contributed by atoms with Crippen LogP contribution in [-0.2, 0) is 0 Å². The zero-order valence-corrected chi connectivity index (χ0v) is 14.4. The number of rotatable bonds is 4. The molecule has 0 fully saturated rings. The van der Waals surface area contributed by atoms with Crippen LogP contribution in [0.3, 0.4) is 0 Å². The van der Waals surface area contributed by atoms with Gasteiger partial charge >= 0.3 is 0 Å². The van der Waals surface area contributed by atoms with E-state index in [-0.39, 0.29) is 5.75 Å². The van der Waals surface area contributed by atoms with Gasteiger partial charge < -0.3 is 19.3 Å². The molecule has 0 atom stereocenters. The van der Waals surface area contributed by atoms with Gasteiger partial charge in [-0.2, -0.15) is 0 Å². The minimum Gasteiger partial charge on any atom is -0.507 e. The van der Waals surface area contributed by atoms with Crippen molar-refractivity contribution in [3.63, 3.8) is 0 Å². The predicted molar refractivity (Wildman–Crippen MR) is 96.5 cm³/mol. The maximum Gasteiger partial charge on any atom is 0.299 e. The van der Waals surface area contributed by atoms with Gasteiger partial charge in [-0.25, -0.2) is 9.97 Å². The summed E-state index contributed by atoms with van der Waals surface area (Å²) in [5.41, 5.74) is 2.11. The molecule has 0 aliphatic rings. The quantitative estimate of drug-likeness (QED) is 0.491. The number of phenolic OH excluding ortho intramolecular Hbond substituents is 1. The molecule has 0 radical (unpaired) electrons. The minimum absolute atomic E-state index is 0.0688. The summed E-state index contributed by atoms with van der Waals surface area (Å²) in [6.07, 6.45) is 4.50. The Morgan fingerprint density at radius 1 is 1.00 bits per heavy atom. The summed E-state index contributed by atoms with van der Waals surface area (Å²) in [6, 6.07) is 13.2. The van der Waals surface area contributed by atoms with E-state index in [4.69, 9.17) is 8.83 Å². The molecule has 0 bridgehead atoms. The molecule has 0 spiro atoms. The summed E-state index contributed by atoms with van der Waals surface area (Å²) in [4.78, 5) is 8.07. The van der Waals surface area contributed by atoms with Crippen LogP contribution < -0.4 is 5.32 Å². The third kappa shape index (κ3) is 3.14. The molecule has 25 heavy (non-hydrogen) atoms. The Hall–Kier alpha value is -3.06. The summed E-state index contributed by atoms with van der Waals surface area (Å²) in [6.45, 7) is 0. The van der Waals surface area contributed by atoms with Crippen LogP contribution in [0.4, 0.5) is 11.7 Å². The molecule has 2 aromatic heterocycles. The lowest BCUT2D eigenvalue weighted by molar-refractivity contribution is 0.473. The highest BCUT2D eigenvalue weighted by molar-refractivity contribution is 9.10. The average Bonchev–Trinajstić information content (AvgIpc) is 3.27. The smallest absolute Gasteiger partial charge is 0.299 e. The van der Waals surface area contributed by atoms with Crippen molar-refractivity contribution >= 4 is 27.6 Å². The van der Waals surface area contributed by atoms with Gasteiger partial charge in [-0.15, -0.1) is 0 Å². The molecule has 0 saturated carbocycles. The van der Waals surface area contributed by atoms with Crippen LogP contribution in [0.15, 0.2) is 74.6 Å². The maximum absolute atomic E-state index is 10.2. The van der Waals surface area contributed by atoms with Gasteiger partial charge in [-0.3, -0.25) is 0 Å². The Labute approximate surface area is 151 Å². The lowest BCUT2D eigenvalue weighted by Crippen LogP contribution is -1.90. The Balaban J connectivity index is 1.57. The molecular weight excluding hydrogens is 386 g/mol. The molecular formula is C18H12BrN3O3. The molecule has 2 heterocycles. The van der Waals surface area contributed by atoms with Gasteiger partial charge in [-0.1, -0.05) is 34.1 Å². The molecule has 4 rings (SSSR count). The first-order valence-corrected chi connectivity index (χ1v) is 8.19. The maximum atomic E-state index is 10.2. The number of aromatic nitrogens is 2. The van der Waals surface area contributed by atoms with E-state index in [1.165, 1.54) is 6.39 Å². The van der Waals surface area contributed by atoms with E-state index in [2.05, 4.69) is 31.2 Å². The molecule has 0 aliphatic heterocycles. The Bertz CT molecular complexity index is 1010. The number of anilines is 2. The predicted octanol–water partition coefficient (Wildman–Crippen LogP) is 5.21. The van der Waals surface area contributed by atoms with Crippen LogP contribution in [0.25, 0.3) is 22.6 Å². The van der Waals surface area contributed by atoms with Gasteiger partial charge in [0.25, 0.3) is 6.01 Å². The van der Waals surface area contributed by atoms with E-state index in [9.17, 15) is 5.11 Å². The fraction of sp³-hybridized carbons (Fsp3) is 0. The zero-order chi connectivity index (χ0) is 17.2. The van der Waals surface area contributed by atoms with Gasteiger partial charge in [0, 0.05) is 21.8 Å². The number of nitrogens with one attached hydrogen (secondary N) is 1. The third-order valence-corrected chi connectivity index (χ3v) is 4.28. The first kappa shape index (κ1) is 15.5. The lowest BCUT2D eigenvalue weighted by atomic mass is 10.1. The monoisotopic (exact) mass is 397 g/mol. The Morgan fingerprint density at radius 2 is 1.88 bits per heavy atom. The summed E-state index contributed by atoms with van der Waals surface area (Å²) in [7, 11) is 0. The van der Waals surface area contributed by atoms with Crippen LogP contribution in [0.5, 0.6) is 5.75 Å². The first-order valence-electron chi connectivity index (χ1n) is 7.40. The van der Waals surface area contributed by atoms with E-state index in [1.54, 1.807) is 30.6 Å². The van der Waals surface area contributed by atoms with Gasteiger partial charge in [0.1, 0.15) is 5.75 Å². The topological polar surface area (TPSA) is 84.3 Å². The minimum atomic E-state index is 0.0688. The Kier molecular flexibility index (Phi) is 3.99. The van der Waals surface area contributed by atoms with Crippen molar-refractivity contribution in [1.29, 1.82) is 0 Å². The van der Waals surface area contributed by atoms with E-state index < -0.39 is 0 Å². The Morgan fingerprint density at radius 3 is 2.64 bits per heavy atom. The summed E-state index contributed by atoms with van der Waals surface area (Å²) >= 11 is 3.49. The molecule has 7 heteroatoms. The van der Waals surface area contributed by atoms with E-state index in [0.717, 1.165) is 10.0 Å². The van der Waals surface area contributed by atoms with Crippen molar-refractivity contribution in [2.75, 3.05) is 5.32 Å². The van der Waals surface area contributed by atoms with Gasteiger partial charge in [0.2, 0.25) is 0 Å². The standard InChI is InChI=1S/C18H12BrN3O3/c19-14-4-2-1-3-12(14)17-9-21-18(25-17)22-11-5-6-13(15(23)7-11)16-8-20-10-24-16/h1-10,23H,(H,21,22).